The lowest BCUT2D eigenvalue weighted by Gasteiger charge is -2.24. The first-order valence-corrected chi connectivity index (χ1v) is 4.81. The van der Waals surface area contributed by atoms with Gasteiger partial charge in [0.1, 0.15) is 5.60 Å². The molecule has 1 aliphatic rings. The Balaban J connectivity index is 2.45. The van der Waals surface area contributed by atoms with E-state index in [0.29, 0.717) is 11.5 Å². The molecule has 0 unspecified atom stereocenters. The number of hydrogen-bond acceptors (Lipinski definition) is 3. The summed E-state index contributed by atoms with van der Waals surface area (Å²) in [6.45, 7) is 5.82. The zero-order valence-corrected chi connectivity index (χ0v) is 9.03. The Morgan fingerprint density at radius 2 is 2.23 bits per heavy atom. The zero-order valence-electron chi connectivity index (χ0n) is 8.22. The molecule has 1 N–H and O–H groups in total. The number of nitrogens with one attached hydrogen (secondary N) is 1. The maximum Gasteiger partial charge on any atom is 0.220 e. The quantitative estimate of drug-likeness (QED) is 0.652. The highest BCUT2D eigenvalue weighted by atomic mass is 32.1. The van der Waals surface area contributed by atoms with Gasteiger partial charge in [0, 0.05) is 6.42 Å². The SMILES string of the molecule is CC(C)(C)OC(=S)[C@@H]1CCC(=O)N1. The smallest absolute Gasteiger partial charge is 0.220 e. The maximum atomic E-state index is 10.9. The van der Waals surface area contributed by atoms with Crippen molar-refractivity contribution in [2.75, 3.05) is 0 Å². The van der Waals surface area contributed by atoms with E-state index in [0.717, 1.165) is 6.42 Å². The van der Waals surface area contributed by atoms with Crippen LogP contribution in [0, 0.1) is 0 Å². The summed E-state index contributed by atoms with van der Waals surface area (Å²) in [6, 6.07) is -0.0678. The summed E-state index contributed by atoms with van der Waals surface area (Å²) < 4.78 is 5.49. The predicted octanol–water partition coefficient (Wildman–Crippen LogP) is 1.41. The lowest BCUT2D eigenvalue weighted by atomic mass is 10.2. The second kappa shape index (κ2) is 3.62. The lowest BCUT2D eigenvalue weighted by Crippen LogP contribution is -2.37. The molecule has 74 valence electrons. The molecule has 0 radical (unpaired) electrons. The first kappa shape index (κ1) is 10.4. The zero-order chi connectivity index (χ0) is 10.1. The fraction of sp³-hybridized carbons (Fsp3) is 0.778. The first-order valence-electron chi connectivity index (χ1n) is 4.41. The van der Waals surface area contributed by atoms with Crippen LogP contribution in [0.15, 0.2) is 0 Å². The number of carbonyl (C=O) groups excluding carboxylic acids is 1. The van der Waals surface area contributed by atoms with E-state index >= 15 is 0 Å². The fourth-order valence-corrected chi connectivity index (χ4v) is 1.59. The Bertz CT molecular complexity index is 232. The number of hydrogen-bond donors (Lipinski definition) is 1. The highest BCUT2D eigenvalue weighted by Gasteiger charge is 2.27. The number of rotatable bonds is 1. The third-order valence-electron chi connectivity index (χ3n) is 1.69. The molecule has 1 amide bonds. The van der Waals surface area contributed by atoms with Gasteiger partial charge in [-0.25, -0.2) is 0 Å². The summed E-state index contributed by atoms with van der Waals surface area (Å²) >= 11 is 5.08. The van der Waals surface area contributed by atoms with Gasteiger partial charge in [-0.2, -0.15) is 0 Å². The molecule has 0 aromatic heterocycles. The normalized spacial score (nSPS) is 22.7. The van der Waals surface area contributed by atoms with E-state index < -0.39 is 0 Å². The molecule has 1 fully saturated rings. The number of amides is 1. The van der Waals surface area contributed by atoms with Crippen LogP contribution in [0.3, 0.4) is 0 Å². The molecular formula is C9H15NO2S. The molecule has 0 aliphatic carbocycles. The molecule has 4 heteroatoms. The van der Waals surface area contributed by atoms with Crippen molar-refractivity contribution in [3.05, 3.63) is 0 Å². The van der Waals surface area contributed by atoms with Gasteiger partial charge in [-0.15, -0.1) is 0 Å². The molecule has 1 atom stereocenters. The van der Waals surface area contributed by atoms with Gasteiger partial charge in [-0.3, -0.25) is 4.79 Å². The number of thiocarbonyl (C=S) groups is 1. The first-order chi connectivity index (χ1) is 5.88. The summed E-state index contributed by atoms with van der Waals surface area (Å²) in [5.74, 6) is 0.0601. The van der Waals surface area contributed by atoms with E-state index in [-0.39, 0.29) is 17.6 Å². The van der Waals surface area contributed by atoms with E-state index in [9.17, 15) is 4.79 Å². The van der Waals surface area contributed by atoms with Crippen LogP contribution in [0.25, 0.3) is 0 Å². The predicted molar refractivity (Wildman–Crippen MR) is 54.6 cm³/mol. The molecule has 1 saturated heterocycles. The van der Waals surface area contributed by atoms with E-state index in [2.05, 4.69) is 5.32 Å². The van der Waals surface area contributed by atoms with E-state index in [4.69, 9.17) is 17.0 Å². The van der Waals surface area contributed by atoms with Crippen LogP contribution in [-0.2, 0) is 9.53 Å². The summed E-state index contributed by atoms with van der Waals surface area (Å²) in [5, 5.41) is 3.27. The molecule has 0 aromatic rings. The van der Waals surface area contributed by atoms with Gasteiger partial charge >= 0.3 is 0 Å². The summed E-state index contributed by atoms with van der Waals surface area (Å²) in [5.41, 5.74) is -0.273. The second-order valence-electron chi connectivity index (χ2n) is 4.19. The molecule has 0 bridgehead atoms. The van der Waals surface area contributed by atoms with E-state index in [1.807, 2.05) is 20.8 Å². The number of carbonyl (C=O) groups is 1. The highest BCUT2D eigenvalue weighted by molar-refractivity contribution is 7.80. The van der Waals surface area contributed by atoms with Crippen LogP contribution >= 0.6 is 12.2 Å². The van der Waals surface area contributed by atoms with Crippen molar-refractivity contribution < 1.29 is 9.53 Å². The van der Waals surface area contributed by atoms with Gasteiger partial charge in [-0.05, 0) is 39.4 Å². The monoisotopic (exact) mass is 201 g/mol. The Labute approximate surface area is 83.8 Å². The van der Waals surface area contributed by atoms with Crippen LogP contribution in [0.5, 0.6) is 0 Å². The van der Waals surface area contributed by atoms with Gasteiger partial charge in [-0.1, -0.05) is 0 Å². The third kappa shape index (κ3) is 3.30. The Kier molecular flexibility index (Phi) is 2.91. The van der Waals surface area contributed by atoms with Crippen molar-refractivity contribution in [3.8, 4) is 0 Å². The second-order valence-corrected chi connectivity index (χ2v) is 4.59. The Morgan fingerprint density at radius 1 is 1.62 bits per heavy atom. The van der Waals surface area contributed by atoms with Crippen LogP contribution in [0.2, 0.25) is 0 Å². The average Bonchev–Trinajstić information content (AvgIpc) is 2.31. The standard InChI is InChI=1S/C9H15NO2S/c1-9(2,3)12-8(13)6-4-5-7(11)10-6/h6H,4-5H2,1-3H3,(H,10,11)/t6-/m0/s1. The third-order valence-corrected chi connectivity index (χ3v) is 2.05. The summed E-state index contributed by atoms with van der Waals surface area (Å²) in [6.07, 6.45) is 1.31. The lowest BCUT2D eigenvalue weighted by molar-refractivity contribution is -0.119. The van der Waals surface area contributed by atoms with Crippen molar-refractivity contribution in [1.29, 1.82) is 0 Å². The van der Waals surface area contributed by atoms with Crippen molar-refractivity contribution in [3.63, 3.8) is 0 Å². The molecular weight excluding hydrogens is 186 g/mol. The van der Waals surface area contributed by atoms with E-state index in [1.54, 1.807) is 0 Å². The topological polar surface area (TPSA) is 38.3 Å². The molecule has 13 heavy (non-hydrogen) atoms. The van der Waals surface area contributed by atoms with Crippen molar-refractivity contribution in [1.82, 2.24) is 5.32 Å². The number of ether oxygens (including phenoxy) is 1. The summed E-state index contributed by atoms with van der Waals surface area (Å²) in [4.78, 5) is 10.9. The van der Waals surface area contributed by atoms with Crippen LogP contribution in [-0.4, -0.2) is 22.6 Å². The average molecular weight is 201 g/mol. The minimum absolute atomic E-state index is 0.0601. The van der Waals surface area contributed by atoms with Crippen LogP contribution < -0.4 is 5.32 Å². The van der Waals surface area contributed by atoms with Gasteiger partial charge in [0.2, 0.25) is 5.91 Å². The van der Waals surface area contributed by atoms with E-state index in [1.165, 1.54) is 0 Å². The van der Waals surface area contributed by atoms with Gasteiger partial charge in [0.25, 0.3) is 0 Å². The van der Waals surface area contributed by atoms with Crippen molar-refractivity contribution in [2.45, 2.75) is 45.3 Å². The largest absolute Gasteiger partial charge is 0.479 e. The highest BCUT2D eigenvalue weighted by Crippen LogP contribution is 2.15. The van der Waals surface area contributed by atoms with Crippen LogP contribution in [0.1, 0.15) is 33.6 Å². The van der Waals surface area contributed by atoms with Crippen LogP contribution in [0.4, 0.5) is 0 Å². The van der Waals surface area contributed by atoms with Crippen molar-refractivity contribution in [2.24, 2.45) is 0 Å². The molecule has 0 aromatic carbocycles. The van der Waals surface area contributed by atoms with Gasteiger partial charge < -0.3 is 10.1 Å². The molecule has 1 aliphatic heterocycles. The molecule has 1 rings (SSSR count). The minimum atomic E-state index is -0.273. The molecule has 3 nitrogen and oxygen atoms in total. The molecule has 0 saturated carbocycles. The fourth-order valence-electron chi connectivity index (χ4n) is 1.16. The Hall–Kier alpha value is -0.640. The molecule has 0 spiro atoms. The summed E-state index contributed by atoms with van der Waals surface area (Å²) in [7, 11) is 0. The Morgan fingerprint density at radius 3 is 2.62 bits per heavy atom. The minimum Gasteiger partial charge on any atom is -0.479 e. The van der Waals surface area contributed by atoms with Gasteiger partial charge in [0.15, 0.2) is 5.05 Å². The van der Waals surface area contributed by atoms with Crippen molar-refractivity contribution >= 4 is 23.2 Å². The maximum absolute atomic E-state index is 10.9. The van der Waals surface area contributed by atoms with Gasteiger partial charge in [0.05, 0.1) is 6.04 Å². The molecule has 1 heterocycles.